The van der Waals surface area contributed by atoms with Crippen LogP contribution in [-0.2, 0) is 0 Å². The molecule has 1 amide bonds. The van der Waals surface area contributed by atoms with Gasteiger partial charge in [-0.05, 0) is 6.92 Å². The number of carbonyl (C=O) groups excluding carboxylic acids is 1. The van der Waals surface area contributed by atoms with E-state index in [9.17, 15) is 4.79 Å². The van der Waals surface area contributed by atoms with Crippen molar-refractivity contribution in [2.45, 2.75) is 6.92 Å². The topological polar surface area (TPSA) is 29.5 Å². The number of thiophene rings is 1. The first-order valence-electron chi connectivity index (χ1n) is 4.70. The molecular weight excluding hydrogens is 278 g/mol. The number of rotatable bonds is 5. The monoisotopic (exact) mass is 291 g/mol. The molecule has 0 saturated carbocycles. The summed E-state index contributed by atoms with van der Waals surface area (Å²) in [4.78, 5) is 14.5. The van der Waals surface area contributed by atoms with Crippen LogP contribution < -0.4 is 4.74 Å². The molecule has 0 aliphatic rings. The number of hydrogen-bond donors (Lipinski definition) is 0. The van der Waals surface area contributed by atoms with Crippen LogP contribution in [0.15, 0.2) is 11.4 Å². The molecule has 3 nitrogen and oxygen atoms in total. The van der Waals surface area contributed by atoms with Gasteiger partial charge in [-0.25, -0.2) is 0 Å². The van der Waals surface area contributed by atoms with Crippen LogP contribution in [0, 0.1) is 0 Å². The van der Waals surface area contributed by atoms with Gasteiger partial charge in [-0.1, -0.05) is 15.9 Å². The maximum Gasteiger partial charge on any atom is 0.264 e. The van der Waals surface area contributed by atoms with Gasteiger partial charge in [0.1, 0.15) is 5.75 Å². The zero-order valence-electron chi connectivity index (χ0n) is 8.83. The molecule has 15 heavy (non-hydrogen) atoms. The third kappa shape index (κ3) is 3.21. The largest absolute Gasteiger partial charge is 0.496 e. The van der Waals surface area contributed by atoms with Gasteiger partial charge in [0.05, 0.1) is 12.0 Å². The fourth-order valence-corrected chi connectivity index (χ4v) is 2.45. The number of halogens is 1. The van der Waals surface area contributed by atoms with Crippen molar-refractivity contribution in [3.8, 4) is 5.75 Å². The first-order chi connectivity index (χ1) is 7.22. The Morgan fingerprint density at radius 1 is 1.67 bits per heavy atom. The number of nitrogens with zero attached hydrogens (tertiary/aromatic N) is 1. The highest BCUT2D eigenvalue weighted by molar-refractivity contribution is 9.09. The predicted octanol–water partition coefficient (Wildman–Crippen LogP) is 2.61. The van der Waals surface area contributed by atoms with E-state index in [0.29, 0.717) is 0 Å². The third-order valence-corrected chi connectivity index (χ3v) is 3.30. The van der Waals surface area contributed by atoms with Crippen LogP contribution in [0.5, 0.6) is 5.75 Å². The molecule has 84 valence electrons. The highest BCUT2D eigenvalue weighted by Gasteiger charge is 2.15. The van der Waals surface area contributed by atoms with E-state index in [1.54, 1.807) is 18.1 Å². The third-order valence-electron chi connectivity index (χ3n) is 2.05. The second-order valence-electron chi connectivity index (χ2n) is 2.92. The lowest BCUT2D eigenvalue weighted by molar-refractivity contribution is 0.0779. The van der Waals surface area contributed by atoms with E-state index in [4.69, 9.17) is 4.74 Å². The summed E-state index contributed by atoms with van der Waals surface area (Å²) in [5.74, 6) is 0.823. The second kappa shape index (κ2) is 6.12. The normalized spacial score (nSPS) is 10.1. The van der Waals surface area contributed by atoms with E-state index in [2.05, 4.69) is 15.9 Å². The number of methoxy groups -OCH3 is 1. The molecule has 1 heterocycles. The Balaban J connectivity index is 2.73. The molecule has 1 rings (SSSR count). The van der Waals surface area contributed by atoms with E-state index in [1.165, 1.54) is 11.3 Å². The van der Waals surface area contributed by atoms with E-state index < -0.39 is 0 Å². The van der Waals surface area contributed by atoms with Gasteiger partial charge < -0.3 is 9.64 Å². The quantitative estimate of drug-likeness (QED) is 0.781. The molecule has 0 atom stereocenters. The lowest BCUT2D eigenvalue weighted by Gasteiger charge is -2.18. The minimum atomic E-state index is 0.0743. The zero-order chi connectivity index (χ0) is 11.3. The van der Waals surface area contributed by atoms with Gasteiger partial charge in [0.2, 0.25) is 0 Å². The van der Waals surface area contributed by atoms with Crippen LogP contribution >= 0.6 is 27.3 Å². The van der Waals surface area contributed by atoms with Crippen molar-refractivity contribution in [2.75, 3.05) is 25.5 Å². The van der Waals surface area contributed by atoms with Crippen molar-refractivity contribution >= 4 is 33.2 Å². The number of alkyl halides is 1. The number of hydrogen-bond acceptors (Lipinski definition) is 3. The molecule has 5 heteroatoms. The molecule has 0 radical (unpaired) electrons. The predicted molar refractivity (Wildman–Crippen MR) is 66.2 cm³/mol. The lowest BCUT2D eigenvalue weighted by atomic mass is 10.4. The Morgan fingerprint density at radius 3 is 2.87 bits per heavy atom. The highest BCUT2D eigenvalue weighted by atomic mass is 79.9. The fourth-order valence-electron chi connectivity index (χ4n) is 1.20. The molecule has 0 fully saturated rings. The smallest absolute Gasteiger partial charge is 0.264 e. The fraction of sp³-hybridized carbons (Fsp3) is 0.500. The summed E-state index contributed by atoms with van der Waals surface area (Å²) in [7, 11) is 1.60. The van der Waals surface area contributed by atoms with Crippen molar-refractivity contribution in [1.29, 1.82) is 0 Å². The van der Waals surface area contributed by atoms with E-state index in [0.717, 1.165) is 29.0 Å². The van der Waals surface area contributed by atoms with Crippen LogP contribution in [0.4, 0.5) is 0 Å². The van der Waals surface area contributed by atoms with Gasteiger partial charge in [0, 0.05) is 29.9 Å². The highest BCUT2D eigenvalue weighted by Crippen LogP contribution is 2.22. The summed E-state index contributed by atoms with van der Waals surface area (Å²) in [6, 6.07) is 1.78. The van der Waals surface area contributed by atoms with E-state index in [-0.39, 0.29) is 5.91 Å². The maximum absolute atomic E-state index is 12.0. The van der Waals surface area contributed by atoms with Gasteiger partial charge >= 0.3 is 0 Å². The molecule has 0 unspecified atom stereocenters. The van der Waals surface area contributed by atoms with E-state index >= 15 is 0 Å². The summed E-state index contributed by atoms with van der Waals surface area (Å²) < 4.78 is 5.05. The minimum absolute atomic E-state index is 0.0743. The average molecular weight is 292 g/mol. The second-order valence-corrected chi connectivity index (χ2v) is 4.63. The minimum Gasteiger partial charge on any atom is -0.496 e. The van der Waals surface area contributed by atoms with Crippen LogP contribution in [-0.4, -0.2) is 36.3 Å². The summed E-state index contributed by atoms with van der Waals surface area (Å²) >= 11 is 4.76. The Bertz CT molecular complexity index is 327. The molecule has 0 bridgehead atoms. The molecule has 0 aromatic carbocycles. The summed E-state index contributed by atoms with van der Waals surface area (Å²) in [6.07, 6.45) is 0. The molecule has 0 N–H and O–H groups in total. The van der Waals surface area contributed by atoms with Crippen molar-refractivity contribution in [3.05, 3.63) is 16.3 Å². The van der Waals surface area contributed by atoms with E-state index in [1.807, 2.05) is 12.3 Å². The molecular formula is C10H14BrNO2S. The number of carbonyl (C=O) groups is 1. The van der Waals surface area contributed by atoms with Crippen molar-refractivity contribution in [1.82, 2.24) is 4.90 Å². The van der Waals surface area contributed by atoms with Crippen molar-refractivity contribution in [3.63, 3.8) is 0 Å². The Kier molecular flexibility index (Phi) is 5.11. The zero-order valence-corrected chi connectivity index (χ0v) is 11.2. The Morgan fingerprint density at radius 2 is 2.40 bits per heavy atom. The van der Waals surface area contributed by atoms with Gasteiger partial charge in [-0.15, -0.1) is 11.3 Å². The Labute approximate surface area is 102 Å². The molecule has 1 aromatic heterocycles. The van der Waals surface area contributed by atoms with Gasteiger partial charge in [-0.3, -0.25) is 4.79 Å². The summed E-state index contributed by atoms with van der Waals surface area (Å²) in [6.45, 7) is 3.44. The molecule has 0 aliphatic carbocycles. The first-order valence-corrected chi connectivity index (χ1v) is 6.70. The Hall–Kier alpha value is -0.550. The first kappa shape index (κ1) is 12.5. The molecule has 1 aromatic rings. The number of amides is 1. The van der Waals surface area contributed by atoms with Gasteiger partial charge in [0.25, 0.3) is 5.91 Å². The summed E-state index contributed by atoms with van der Waals surface area (Å²) in [5, 5.41) is 2.64. The van der Waals surface area contributed by atoms with Gasteiger partial charge in [0.15, 0.2) is 0 Å². The standard InChI is InChI=1S/C10H14BrNO2S/c1-3-12(5-4-11)10(13)9-6-8(14-2)7-15-9/h6-7H,3-5H2,1-2H3. The van der Waals surface area contributed by atoms with Crippen LogP contribution in [0.2, 0.25) is 0 Å². The van der Waals surface area contributed by atoms with Crippen molar-refractivity contribution < 1.29 is 9.53 Å². The maximum atomic E-state index is 12.0. The SMILES string of the molecule is CCN(CCBr)C(=O)c1cc(OC)cs1. The molecule has 0 saturated heterocycles. The molecule has 0 aliphatic heterocycles. The van der Waals surface area contributed by atoms with Crippen LogP contribution in [0.1, 0.15) is 16.6 Å². The number of ether oxygens (including phenoxy) is 1. The van der Waals surface area contributed by atoms with Crippen LogP contribution in [0.3, 0.4) is 0 Å². The summed E-state index contributed by atoms with van der Waals surface area (Å²) in [5.41, 5.74) is 0. The molecule has 0 spiro atoms. The van der Waals surface area contributed by atoms with Crippen molar-refractivity contribution in [2.24, 2.45) is 0 Å². The lowest BCUT2D eigenvalue weighted by Crippen LogP contribution is -2.31. The van der Waals surface area contributed by atoms with Gasteiger partial charge in [-0.2, -0.15) is 0 Å². The average Bonchev–Trinajstić information content (AvgIpc) is 2.73. The van der Waals surface area contributed by atoms with Crippen LogP contribution in [0.25, 0.3) is 0 Å².